The van der Waals surface area contributed by atoms with E-state index in [2.05, 4.69) is 5.32 Å². The van der Waals surface area contributed by atoms with Crippen molar-refractivity contribution in [1.29, 1.82) is 5.26 Å². The Morgan fingerprint density at radius 1 is 1.33 bits per heavy atom. The Balaban J connectivity index is 4.49. The molecular weight excluding hydrogens is 232 g/mol. The van der Waals surface area contributed by atoms with Gasteiger partial charge in [0.2, 0.25) is 5.91 Å². The summed E-state index contributed by atoms with van der Waals surface area (Å²) in [6.45, 7) is 6.12. The van der Waals surface area contributed by atoms with Crippen molar-refractivity contribution in [3.8, 4) is 6.07 Å². The molecule has 0 saturated carbocycles. The molecule has 0 fully saturated rings. The van der Waals surface area contributed by atoms with Crippen LogP contribution in [-0.2, 0) is 14.3 Å². The lowest BCUT2D eigenvalue weighted by atomic mass is 10.1. The highest BCUT2D eigenvalue weighted by molar-refractivity contribution is 5.94. The van der Waals surface area contributed by atoms with Crippen LogP contribution < -0.4 is 5.32 Å². The van der Waals surface area contributed by atoms with Gasteiger partial charge in [0.1, 0.15) is 11.6 Å². The number of amides is 1. The number of unbranched alkanes of at least 4 members (excludes halogenated alkanes) is 1. The summed E-state index contributed by atoms with van der Waals surface area (Å²) < 4.78 is 4.75. The fourth-order valence-corrected chi connectivity index (χ4v) is 1.31. The second-order valence-corrected chi connectivity index (χ2v) is 3.87. The van der Waals surface area contributed by atoms with E-state index in [4.69, 9.17) is 10.00 Å². The van der Waals surface area contributed by atoms with E-state index < -0.39 is 5.97 Å². The van der Waals surface area contributed by atoms with Crippen LogP contribution in [0.25, 0.3) is 0 Å². The van der Waals surface area contributed by atoms with E-state index in [-0.39, 0.29) is 24.5 Å². The van der Waals surface area contributed by atoms with E-state index in [9.17, 15) is 9.59 Å². The average Bonchev–Trinajstić information content (AvgIpc) is 2.30. The summed E-state index contributed by atoms with van der Waals surface area (Å²) in [5, 5.41) is 11.6. The number of esters is 1. The van der Waals surface area contributed by atoms with E-state index in [0.717, 1.165) is 12.8 Å². The summed E-state index contributed by atoms with van der Waals surface area (Å²) in [5.41, 5.74) is 0.354. The Kier molecular flexibility index (Phi) is 8.29. The minimum atomic E-state index is -0.668. The van der Waals surface area contributed by atoms with Crippen molar-refractivity contribution in [3.63, 3.8) is 0 Å². The third-order valence-electron chi connectivity index (χ3n) is 2.30. The molecule has 0 aromatic carbocycles. The standard InChI is InChI=1S/C13H20N2O3/c1-4-6-7-15-12(16)8-10(3)11(9-14)13(17)18-5-2/h4-8H2,1-3H3,(H,15,16)/b11-10-. The molecule has 0 aromatic rings. The molecule has 0 aliphatic rings. The first-order chi connectivity index (χ1) is 8.56. The van der Waals surface area contributed by atoms with Crippen molar-refractivity contribution in [2.75, 3.05) is 13.2 Å². The fraction of sp³-hybridized carbons (Fsp3) is 0.615. The first kappa shape index (κ1) is 16.2. The molecule has 1 amide bonds. The van der Waals surface area contributed by atoms with Crippen LogP contribution in [0.4, 0.5) is 0 Å². The predicted octanol–water partition coefficient (Wildman–Crippen LogP) is 1.70. The zero-order chi connectivity index (χ0) is 14.0. The normalized spacial score (nSPS) is 11.2. The number of nitriles is 1. The summed E-state index contributed by atoms with van der Waals surface area (Å²) >= 11 is 0. The molecular formula is C13H20N2O3. The SMILES string of the molecule is CCCCNC(=O)C/C(C)=C(/C#N)C(=O)OCC. The average molecular weight is 252 g/mol. The van der Waals surface area contributed by atoms with Gasteiger partial charge in [0.25, 0.3) is 0 Å². The first-order valence-electron chi connectivity index (χ1n) is 6.10. The molecule has 0 aliphatic carbocycles. The molecule has 0 heterocycles. The smallest absolute Gasteiger partial charge is 0.348 e. The molecule has 0 unspecified atom stereocenters. The minimum absolute atomic E-state index is 0.0470. The largest absolute Gasteiger partial charge is 0.462 e. The zero-order valence-corrected chi connectivity index (χ0v) is 11.2. The predicted molar refractivity (Wildman–Crippen MR) is 67.5 cm³/mol. The van der Waals surface area contributed by atoms with Crippen LogP contribution >= 0.6 is 0 Å². The van der Waals surface area contributed by atoms with Crippen molar-refractivity contribution < 1.29 is 14.3 Å². The number of carbonyl (C=O) groups is 2. The number of rotatable bonds is 7. The van der Waals surface area contributed by atoms with Crippen LogP contribution in [0.1, 0.15) is 40.0 Å². The van der Waals surface area contributed by atoms with E-state index in [0.29, 0.717) is 12.1 Å². The lowest BCUT2D eigenvalue weighted by molar-refractivity contribution is -0.138. The van der Waals surface area contributed by atoms with Crippen molar-refractivity contribution in [2.45, 2.75) is 40.0 Å². The van der Waals surface area contributed by atoms with Crippen LogP contribution in [0.2, 0.25) is 0 Å². The highest BCUT2D eigenvalue weighted by Gasteiger charge is 2.15. The monoisotopic (exact) mass is 252 g/mol. The van der Waals surface area contributed by atoms with Crippen LogP contribution in [0.5, 0.6) is 0 Å². The Bertz CT molecular complexity index is 367. The number of nitrogens with zero attached hydrogens (tertiary/aromatic N) is 1. The molecule has 18 heavy (non-hydrogen) atoms. The fourth-order valence-electron chi connectivity index (χ4n) is 1.31. The van der Waals surface area contributed by atoms with Crippen LogP contribution in [0, 0.1) is 11.3 Å². The zero-order valence-electron chi connectivity index (χ0n) is 11.2. The van der Waals surface area contributed by atoms with Gasteiger partial charge >= 0.3 is 5.97 Å². The lowest BCUT2D eigenvalue weighted by Crippen LogP contribution is -2.24. The number of nitrogens with one attached hydrogen (secondary N) is 1. The Morgan fingerprint density at radius 3 is 2.50 bits per heavy atom. The van der Waals surface area contributed by atoms with Gasteiger partial charge < -0.3 is 10.1 Å². The van der Waals surface area contributed by atoms with Gasteiger partial charge in [-0.15, -0.1) is 0 Å². The maximum Gasteiger partial charge on any atom is 0.348 e. The highest BCUT2D eigenvalue weighted by Crippen LogP contribution is 2.09. The molecule has 0 radical (unpaired) electrons. The van der Waals surface area contributed by atoms with Gasteiger partial charge in [-0.25, -0.2) is 4.79 Å². The topological polar surface area (TPSA) is 79.2 Å². The van der Waals surface area contributed by atoms with Crippen molar-refractivity contribution in [2.24, 2.45) is 0 Å². The summed E-state index contributed by atoms with van der Waals surface area (Å²) in [5.74, 6) is -0.850. The van der Waals surface area contributed by atoms with Gasteiger partial charge in [0, 0.05) is 13.0 Å². The molecule has 0 bridgehead atoms. The molecule has 0 atom stereocenters. The third kappa shape index (κ3) is 6.04. The summed E-state index contributed by atoms with van der Waals surface area (Å²) in [7, 11) is 0. The number of ether oxygens (including phenoxy) is 1. The van der Waals surface area contributed by atoms with Crippen LogP contribution in [0.3, 0.4) is 0 Å². The van der Waals surface area contributed by atoms with Gasteiger partial charge in [0.05, 0.1) is 6.61 Å². The van der Waals surface area contributed by atoms with Gasteiger partial charge in [-0.2, -0.15) is 5.26 Å². The lowest BCUT2D eigenvalue weighted by Gasteiger charge is -2.06. The first-order valence-corrected chi connectivity index (χ1v) is 6.10. The maximum absolute atomic E-state index is 11.5. The summed E-state index contributed by atoms with van der Waals surface area (Å²) in [4.78, 5) is 22.9. The second kappa shape index (κ2) is 9.23. The molecule has 0 spiro atoms. The number of hydrogen-bond acceptors (Lipinski definition) is 4. The van der Waals surface area contributed by atoms with Gasteiger partial charge in [-0.05, 0) is 25.8 Å². The molecule has 5 nitrogen and oxygen atoms in total. The molecule has 0 aliphatic heterocycles. The number of carbonyl (C=O) groups excluding carboxylic acids is 2. The molecule has 100 valence electrons. The van der Waals surface area contributed by atoms with Gasteiger partial charge in [0.15, 0.2) is 0 Å². The van der Waals surface area contributed by atoms with Crippen LogP contribution in [0.15, 0.2) is 11.1 Å². The number of hydrogen-bond donors (Lipinski definition) is 1. The third-order valence-corrected chi connectivity index (χ3v) is 2.30. The van der Waals surface area contributed by atoms with Crippen LogP contribution in [-0.4, -0.2) is 25.0 Å². The second-order valence-electron chi connectivity index (χ2n) is 3.87. The van der Waals surface area contributed by atoms with E-state index in [1.165, 1.54) is 0 Å². The molecule has 0 aromatic heterocycles. The van der Waals surface area contributed by atoms with Crippen molar-refractivity contribution >= 4 is 11.9 Å². The molecule has 1 N–H and O–H groups in total. The van der Waals surface area contributed by atoms with E-state index in [1.807, 2.05) is 6.92 Å². The molecule has 5 heteroatoms. The minimum Gasteiger partial charge on any atom is -0.462 e. The Labute approximate surface area is 108 Å². The Morgan fingerprint density at radius 2 is 2.00 bits per heavy atom. The Hall–Kier alpha value is -1.83. The quantitative estimate of drug-likeness (QED) is 0.324. The highest BCUT2D eigenvalue weighted by atomic mass is 16.5. The van der Waals surface area contributed by atoms with Gasteiger partial charge in [-0.1, -0.05) is 13.3 Å². The van der Waals surface area contributed by atoms with Crippen molar-refractivity contribution in [1.82, 2.24) is 5.32 Å². The van der Waals surface area contributed by atoms with E-state index >= 15 is 0 Å². The summed E-state index contributed by atoms with van der Waals surface area (Å²) in [6.07, 6.45) is 1.96. The summed E-state index contributed by atoms with van der Waals surface area (Å²) in [6, 6.07) is 1.78. The molecule has 0 saturated heterocycles. The van der Waals surface area contributed by atoms with Crippen molar-refractivity contribution in [3.05, 3.63) is 11.1 Å². The maximum atomic E-state index is 11.5. The molecule has 0 rings (SSSR count). The van der Waals surface area contributed by atoms with E-state index in [1.54, 1.807) is 19.9 Å². The van der Waals surface area contributed by atoms with Gasteiger partial charge in [-0.3, -0.25) is 4.79 Å².